The molecule has 0 radical (unpaired) electrons. The number of hydrogen-bond acceptors (Lipinski definition) is 10. The normalized spacial score (nSPS) is 21.6. The maximum Gasteiger partial charge on any atom is 0.501 e. The fourth-order valence-electron chi connectivity index (χ4n) is 5.89. The Morgan fingerprint density at radius 2 is 1.61 bits per heavy atom. The smallest absolute Gasteiger partial charge is 0.337 e. The summed E-state index contributed by atoms with van der Waals surface area (Å²) in [5, 5.41) is 0. The summed E-state index contributed by atoms with van der Waals surface area (Å²) in [5.41, 5.74) is -0.990. The number of urea groups is 1. The number of hydrazine groups is 1. The maximum atomic E-state index is 13.3. The third-order valence-electron chi connectivity index (χ3n) is 8.72. The van der Waals surface area contributed by atoms with Crippen LogP contribution in [0.15, 0.2) is 47.5 Å². The van der Waals surface area contributed by atoms with Crippen LogP contribution in [0.5, 0.6) is 0 Å². The van der Waals surface area contributed by atoms with Crippen molar-refractivity contribution >= 4 is 44.9 Å². The molecule has 2 aliphatic carbocycles. The zero-order valence-electron chi connectivity index (χ0n) is 24.3. The molecule has 0 unspecified atom stereocenters. The van der Waals surface area contributed by atoms with Crippen LogP contribution in [-0.4, -0.2) is 82.4 Å². The van der Waals surface area contributed by atoms with Crippen LogP contribution in [0.4, 0.5) is 23.7 Å². The molecule has 4 amide bonds. The predicted octanol–water partition coefficient (Wildman–Crippen LogP) is 2.23. The van der Waals surface area contributed by atoms with Gasteiger partial charge in [-0.15, -0.1) is 0 Å². The fraction of sp³-hybridized carbons (Fsp3) is 0.448. The third kappa shape index (κ3) is 5.55. The second kappa shape index (κ2) is 11.2. The highest BCUT2D eigenvalue weighted by Gasteiger charge is 2.65. The molecule has 2 spiro atoms. The van der Waals surface area contributed by atoms with Gasteiger partial charge in [-0.1, -0.05) is 0 Å². The topological polar surface area (TPSA) is 186 Å². The van der Waals surface area contributed by atoms with E-state index in [1.165, 1.54) is 11.1 Å². The number of rotatable bonds is 5. The van der Waals surface area contributed by atoms with Gasteiger partial charge in [-0.2, -0.15) is 13.2 Å². The number of alkyl halides is 3. The van der Waals surface area contributed by atoms with Crippen LogP contribution in [0.3, 0.4) is 0 Å². The van der Waals surface area contributed by atoms with E-state index in [0.29, 0.717) is 37.9 Å². The van der Waals surface area contributed by atoms with Gasteiger partial charge in [0.15, 0.2) is 11.4 Å². The number of ketones is 2. The third-order valence-corrected chi connectivity index (χ3v) is 10.2. The summed E-state index contributed by atoms with van der Waals surface area (Å²) in [6, 6.07) is 6.05. The Morgan fingerprint density at radius 3 is 2.13 bits per heavy atom. The molecule has 5 aliphatic rings. The number of halogens is 3. The molecule has 1 aromatic carbocycles. The minimum atomic E-state index is -5.56. The number of nitrogens with zero attached hydrogens (tertiary/aromatic N) is 4. The Balaban J connectivity index is 0.000000352. The second-order valence-corrected chi connectivity index (χ2v) is 13.8. The number of benzene rings is 1. The molecule has 46 heavy (non-hydrogen) atoms. The SMILES string of the molecule is O=C(c1cc(CN2C(=O)N(c3ccc(S(=O)(=O)C(F)(F)F)cc3)C(=O)C23CC3)ccn1)N1CCCCC1.O=C1CC(=O)C2(C1)NN2. The summed E-state index contributed by atoms with van der Waals surface area (Å²) in [7, 11) is -5.56. The van der Waals surface area contributed by atoms with Gasteiger partial charge in [-0.3, -0.25) is 24.2 Å². The number of Topliss-reactive ketones (excluding diaryl/α,β-unsaturated/α-hetero) is 2. The van der Waals surface area contributed by atoms with Crippen molar-refractivity contribution in [1.29, 1.82) is 0 Å². The van der Waals surface area contributed by atoms with Gasteiger partial charge in [0.2, 0.25) is 0 Å². The zero-order valence-corrected chi connectivity index (χ0v) is 25.1. The van der Waals surface area contributed by atoms with E-state index in [-0.39, 0.29) is 41.8 Å². The molecule has 4 heterocycles. The lowest BCUT2D eigenvalue weighted by molar-refractivity contribution is -0.122. The van der Waals surface area contributed by atoms with Crippen LogP contribution < -0.4 is 15.8 Å². The number of anilines is 1. The first-order chi connectivity index (χ1) is 21.7. The van der Waals surface area contributed by atoms with Gasteiger partial charge >= 0.3 is 11.5 Å². The van der Waals surface area contributed by atoms with E-state index in [1.807, 2.05) is 0 Å². The molecule has 0 atom stereocenters. The Bertz CT molecular complexity index is 1730. The number of imide groups is 1. The van der Waals surface area contributed by atoms with Crippen LogP contribution in [0.2, 0.25) is 0 Å². The van der Waals surface area contributed by atoms with Crippen molar-refractivity contribution in [3.8, 4) is 0 Å². The number of carbonyl (C=O) groups excluding carboxylic acids is 5. The van der Waals surface area contributed by atoms with Crippen molar-refractivity contribution in [2.45, 2.75) is 73.1 Å². The first-order valence-corrected chi connectivity index (χ1v) is 16.1. The van der Waals surface area contributed by atoms with Crippen LogP contribution in [0.25, 0.3) is 0 Å². The van der Waals surface area contributed by atoms with Gasteiger partial charge in [0.05, 0.1) is 17.0 Å². The van der Waals surface area contributed by atoms with Gasteiger partial charge in [0.25, 0.3) is 21.7 Å². The average Bonchev–Trinajstić information content (AvgIpc) is 3.95. The molecule has 5 fully saturated rings. The van der Waals surface area contributed by atoms with E-state index in [4.69, 9.17) is 0 Å². The fourth-order valence-corrected chi connectivity index (χ4v) is 6.65. The monoisotopic (exact) mass is 662 g/mol. The molecule has 7 rings (SSSR count). The van der Waals surface area contributed by atoms with Crippen molar-refractivity contribution < 1.29 is 45.6 Å². The summed E-state index contributed by atoms with van der Waals surface area (Å²) < 4.78 is 61.9. The second-order valence-electron chi connectivity index (χ2n) is 11.9. The molecule has 1 aromatic heterocycles. The van der Waals surface area contributed by atoms with Crippen molar-refractivity contribution in [2.24, 2.45) is 0 Å². The van der Waals surface area contributed by atoms with E-state index < -0.39 is 43.4 Å². The van der Waals surface area contributed by atoms with Crippen LogP contribution in [0.1, 0.15) is 61.0 Å². The summed E-state index contributed by atoms with van der Waals surface area (Å²) in [6.07, 6.45) is 5.66. The Labute approximate surface area is 261 Å². The van der Waals surface area contributed by atoms with Gasteiger partial charge < -0.3 is 9.80 Å². The van der Waals surface area contributed by atoms with Crippen molar-refractivity contribution in [3.63, 3.8) is 0 Å². The predicted molar refractivity (Wildman–Crippen MR) is 152 cm³/mol. The van der Waals surface area contributed by atoms with Gasteiger partial charge in [-0.05, 0) is 74.1 Å². The number of pyridine rings is 1. The first kappa shape index (κ1) is 31.7. The first-order valence-electron chi connectivity index (χ1n) is 14.6. The molecule has 244 valence electrons. The lowest BCUT2D eigenvalue weighted by Crippen LogP contribution is -2.37. The summed E-state index contributed by atoms with van der Waals surface area (Å²) in [4.78, 5) is 68.0. The van der Waals surface area contributed by atoms with Crippen molar-refractivity contribution in [2.75, 3.05) is 18.0 Å². The Kier molecular flexibility index (Phi) is 7.76. The van der Waals surface area contributed by atoms with Crippen LogP contribution >= 0.6 is 0 Å². The molecule has 13 nitrogen and oxygen atoms in total. The summed E-state index contributed by atoms with van der Waals surface area (Å²) >= 11 is 0. The van der Waals surface area contributed by atoms with E-state index in [2.05, 4.69) is 15.8 Å². The number of likely N-dealkylation sites (tertiary alicyclic amines) is 1. The number of aromatic nitrogens is 1. The number of amides is 4. The lowest BCUT2D eigenvalue weighted by atomic mass is 10.1. The molecule has 2 aromatic rings. The molecule has 2 saturated carbocycles. The van der Waals surface area contributed by atoms with Crippen molar-refractivity contribution in [1.82, 2.24) is 25.6 Å². The Morgan fingerprint density at radius 1 is 0.957 bits per heavy atom. The lowest BCUT2D eigenvalue weighted by Gasteiger charge is -2.26. The number of sulfone groups is 1. The van der Waals surface area contributed by atoms with E-state index in [1.54, 1.807) is 17.0 Å². The number of nitrogens with one attached hydrogen (secondary N) is 2. The number of piperidine rings is 1. The summed E-state index contributed by atoms with van der Waals surface area (Å²) in [5.74, 6) is -0.713. The minimum absolute atomic E-state index is 0.0208. The van der Waals surface area contributed by atoms with E-state index in [9.17, 15) is 45.6 Å². The summed E-state index contributed by atoms with van der Waals surface area (Å²) in [6.45, 7) is 1.35. The maximum absolute atomic E-state index is 13.3. The highest BCUT2D eigenvalue weighted by Crippen LogP contribution is 2.50. The van der Waals surface area contributed by atoms with Gasteiger partial charge in [0, 0.05) is 32.3 Å². The molecule has 0 bridgehead atoms. The molecule has 17 heteroatoms. The molecule has 3 saturated heterocycles. The Hall–Kier alpha value is -4.22. The van der Waals surface area contributed by atoms with Crippen molar-refractivity contribution in [3.05, 3.63) is 53.9 Å². The van der Waals surface area contributed by atoms with Crippen LogP contribution in [0, 0.1) is 0 Å². The van der Waals surface area contributed by atoms with E-state index in [0.717, 1.165) is 48.4 Å². The quantitative estimate of drug-likeness (QED) is 0.273. The van der Waals surface area contributed by atoms with Gasteiger partial charge in [0.1, 0.15) is 17.0 Å². The molecule has 2 N–H and O–H groups in total. The minimum Gasteiger partial charge on any atom is -0.337 e. The molecular formula is C29H29F3N6O7S. The average molecular weight is 663 g/mol. The zero-order chi connectivity index (χ0) is 33.1. The highest BCUT2D eigenvalue weighted by molar-refractivity contribution is 7.92. The van der Waals surface area contributed by atoms with Gasteiger partial charge in [-0.25, -0.2) is 29.0 Å². The molecular weight excluding hydrogens is 633 g/mol. The highest BCUT2D eigenvalue weighted by atomic mass is 32.2. The number of hydrogen-bond donors (Lipinski definition) is 2. The largest absolute Gasteiger partial charge is 0.501 e. The molecule has 3 aliphatic heterocycles. The number of carbonyl (C=O) groups is 5. The standard InChI is InChI=1S/C24H23F3N4O5S.C5H6N2O2/c25-24(26,27)37(35,36)18-6-4-17(5-7-18)31-21(33)23(9-10-23)30(22(31)34)15-16-8-11-28-19(14-16)20(32)29-12-2-1-3-13-29;8-3-1-4(9)5(2-3)6-7-5/h4-8,11,14H,1-3,9-10,12-13,15H2;6-7H,1-2H2. The van der Waals surface area contributed by atoms with E-state index >= 15 is 0 Å². The van der Waals surface area contributed by atoms with Crippen LogP contribution in [-0.2, 0) is 30.8 Å².